The molecule has 1 aromatic carbocycles. The normalized spacial score (nSPS) is 10.2. The van der Waals surface area contributed by atoms with Gasteiger partial charge >= 0.3 is 0 Å². The van der Waals surface area contributed by atoms with Crippen LogP contribution in [0, 0.1) is 6.92 Å². The molecule has 0 bridgehead atoms. The third kappa shape index (κ3) is 4.13. The molecule has 0 aliphatic heterocycles. The van der Waals surface area contributed by atoms with Crippen molar-refractivity contribution in [2.45, 2.75) is 13.5 Å². The van der Waals surface area contributed by atoms with E-state index in [1.165, 1.54) is 0 Å². The van der Waals surface area contributed by atoms with Crippen molar-refractivity contribution in [1.29, 1.82) is 0 Å². The van der Waals surface area contributed by atoms with Crippen LogP contribution < -0.4 is 10.6 Å². The minimum Gasteiger partial charge on any atom is -0.366 e. The van der Waals surface area contributed by atoms with E-state index < -0.39 is 0 Å². The molecule has 0 aliphatic carbocycles. The average Bonchev–Trinajstić information content (AvgIpc) is 2.61. The van der Waals surface area contributed by atoms with E-state index in [-0.39, 0.29) is 5.91 Å². The predicted octanol–water partition coefficient (Wildman–Crippen LogP) is 3.04. The third-order valence-electron chi connectivity index (χ3n) is 3.30. The molecule has 0 atom stereocenters. The van der Waals surface area contributed by atoms with Crippen molar-refractivity contribution in [3.05, 3.63) is 78.0 Å². The lowest BCUT2D eigenvalue weighted by Crippen LogP contribution is -2.15. The van der Waals surface area contributed by atoms with Crippen LogP contribution in [0.4, 0.5) is 11.5 Å². The number of nitrogens with one attached hydrogen (secondary N) is 2. The number of nitrogens with zero attached hydrogens (tertiary/aromatic N) is 3. The predicted molar refractivity (Wildman–Crippen MR) is 92.7 cm³/mol. The van der Waals surface area contributed by atoms with Gasteiger partial charge in [-0.25, -0.2) is 9.97 Å². The van der Waals surface area contributed by atoms with E-state index in [2.05, 4.69) is 25.6 Å². The number of aromatic nitrogens is 3. The van der Waals surface area contributed by atoms with E-state index in [1.54, 1.807) is 25.4 Å². The second kappa shape index (κ2) is 7.32. The minimum atomic E-state index is -0.267. The Morgan fingerprint density at radius 3 is 2.67 bits per heavy atom. The molecule has 24 heavy (non-hydrogen) atoms. The monoisotopic (exact) mass is 319 g/mol. The van der Waals surface area contributed by atoms with Crippen LogP contribution in [0.15, 0.2) is 60.9 Å². The fraction of sp³-hybridized carbons (Fsp3) is 0.111. The summed E-state index contributed by atoms with van der Waals surface area (Å²) in [7, 11) is 0. The van der Waals surface area contributed by atoms with Gasteiger partial charge in [-0.05, 0) is 30.7 Å². The zero-order valence-electron chi connectivity index (χ0n) is 13.2. The van der Waals surface area contributed by atoms with Crippen LogP contribution >= 0.6 is 0 Å². The number of hydrogen-bond donors (Lipinski definition) is 2. The first kappa shape index (κ1) is 15.6. The first-order valence-corrected chi connectivity index (χ1v) is 7.55. The number of para-hydroxylation sites is 1. The molecule has 0 unspecified atom stereocenters. The van der Waals surface area contributed by atoms with E-state index in [0.29, 0.717) is 23.9 Å². The van der Waals surface area contributed by atoms with E-state index >= 15 is 0 Å². The number of pyridine rings is 1. The molecule has 120 valence electrons. The molecular formula is C18H17N5O. The Bertz CT molecular complexity index is 821. The highest BCUT2D eigenvalue weighted by molar-refractivity contribution is 6.03. The molecule has 0 saturated carbocycles. The molecule has 1 amide bonds. The Balaban J connectivity index is 1.72. The standard InChI is InChI=1S/C18H17N5O/c1-13-21-16(18(24)23-15-7-3-2-4-8-15)10-17(22-13)20-12-14-6-5-9-19-11-14/h2-11H,12H2,1H3,(H,23,24)(H,20,21,22). The van der Waals surface area contributed by atoms with Gasteiger partial charge in [0.15, 0.2) is 0 Å². The summed E-state index contributed by atoms with van der Waals surface area (Å²) < 4.78 is 0. The van der Waals surface area contributed by atoms with Crippen LogP contribution in [0.2, 0.25) is 0 Å². The van der Waals surface area contributed by atoms with Gasteiger partial charge in [0.2, 0.25) is 0 Å². The highest BCUT2D eigenvalue weighted by Gasteiger charge is 2.11. The maximum Gasteiger partial charge on any atom is 0.274 e. The second-order valence-electron chi connectivity index (χ2n) is 5.22. The third-order valence-corrected chi connectivity index (χ3v) is 3.30. The number of carbonyl (C=O) groups excluding carboxylic acids is 1. The van der Waals surface area contributed by atoms with Crippen LogP contribution in [0.25, 0.3) is 0 Å². The van der Waals surface area contributed by atoms with Gasteiger partial charge in [0.05, 0.1) is 0 Å². The smallest absolute Gasteiger partial charge is 0.274 e. The van der Waals surface area contributed by atoms with Crippen molar-refractivity contribution < 1.29 is 4.79 Å². The molecule has 2 N–H and O–H groups in total. The lowest BCUT2D eigenvalue weighted by atomic mass is 10.2. The summed E-state index contributed by atoms with van der Waals surface area (Å²) >= 11 is 0. The molecular weight excluding hydrogens is 302 g/mol. The lowest BCUT2D eigenvalue weighted by molar-refractivity contribution is 0.102. The summed E-state index contributed by atoms with van der Waals surface area (Å²) in [5, 5.41) is 6.01. The van der Waals surface area contributed by atoms with Crippen LogP contribution in [0.1, 0.15) is 21.9 Å². The van der Waals surface area contributed by atoms with Gasteiger partial charge in [-0.15, -0.1) is 0 Å². The van der Waals surface area contributed by atoms with Crippen LogP contribution in [-0.4, -0.2) is 20.9 Å². The number of aryl methyl sites for hydroxylation is 1. The molecule has 2 aromatic heterocycles. The molecule has 3 aromatic rings. The fourth-order valence-corrected chi connectivity index (χ4v) is 2.19. The van der Waals surface area contributed by atoms with Gasteiger partial charge in [0, 0.05) is 30.7 Å². The Labute approximate surface area is 140 Å². The Morgan fingerprint density at radius 1 is 1.08 bits per heavy atom. The van der Waals surface area contributed by atoms with Crippen molar-refractivity contribution in [1.82, 2.24) is 15.0 Å². The summed E-state index contributed by atoms with van der Waals surface area (Å²) in [6.07, 6.45) is 3.51. The number of benzene rings is 1. The number of carbonyl (C=O) groups is 1. The zero-order valence-corrected chi connectivity index (χ0v) is 13.2. The van der Waals surface area contributed by atoms with E-state index in [4.69, 9.17) is 0 Å². The van der Waals surface area contributed by atoms with E-state index in [0.717, 1.165) is 11.3 Å². The largest absolute Gasteiger partial charge is 0.366 e. The summed E-state index contributed by atoms with van der Waals surface area (Å²) in [6, 6.07) is 14.8. The molecule has 3 rings (SSSR count). The molecule has 0 fully saturated rings. The molecule has 2 heterocycles. The maximum atomic E-state index is 12.4. The van der Waals surface area contributed by atoms with Gasteiger partial charge in [0.1, 0.15) is 17.3 Å². The molecule has 0 radical (unpaired) electrons. The highest BCUT2D eigenvalue weighted by atomic mass is 16.1. The van der Waals surface area contributed by atoms with Crippen LogP contribution in [0.5, 0.6) is 0 Å². The van der Waals surface area contributed by atoms with Crippen molar-refractivity contribution in [3.63, 3.8) is 0 Å². The SMILES string of the molecule is Cc1nc(NCc2cccnc2)cc(C(=O)Nc2ccccc2)n1. The zero-order chi connectivity index (χ0) is 16.8. The number of anilines is 2. The minimum absolute atomic E-state index is 0.267. The molecule has 0 aliphatic rings. The fourth-order valence-electron chi connectivity index (χ4n) is 2.19. The molecule has 6 nitrogen and oxygen atoms in total. The Kier molecular flexibility index (Phi) is 4.76. The van der Waals surface area contributed by atoms with Gasteiger partial charge < -0.3 is 10.6 Å². The van der Waals surface area contributed by atoms with Crippen molar-refractivity contribution in [3.8, 4) is 0 Å². The van der Waals surface area contributed by atoms with Gasteiger partial charge in [0.25, 0.3) is 5.91 Å². The Morgan fingerprint density at radius 2 is 1.92 bits per heavy atom. The molecule has 6 heteroatoms. The van der Waals surface area contributed by atoms with Gasteiger partial charge in [-0.2, -0.15) is 0 Å². The van der Waals surface area contributed by atoms with E-state index in [9.17, 15) is 4.79 Å². The first-order valence-electron chi connectivity index (χ1n) is 7.55. The van der Waals surface area contributed by atoms with Crippen molar-refractivity contribution >= 4 is 17.4 Å². The maximum absolute atomic E-state index is 12.4. The second-order valence-corrected chi connectivity index (χ2v) is 5.22. The van der Waals surface area contributed by atoms with Gasteiger partial charge in [-0.3, -0.25) is 9.78 Å². The number of rotatable bonds is 5. The quantitative estimate of drug-likeness (QED) is 0.755. The Hall–Kier alpha value is -3.28. The highest BCUT2D eigenvalue weighted by Crippen LogP contribution is 2.12. The summed E-state index contributed by atoms with van der Waals surface area (Å²) in [5.41, 5.74) is 2.08. The summed E-state index contributed by atoms with van der Waals surface area (Å²) in [4.78, 5) is 24.9. The first-order chi connectivity index (χ1) is 11.7. The number of hydrogen-bond acceptors (Lipinski definition) is 5. The summed E-state index contributed by atoms with van der Waals surface area (Å²) in [6.45, 7) is 2.33. The average molecular weight is 319 g/mol. The van der Waals surface area contributed by atoms with Crippen molar-refractivity contribution in [2.24, 2.45) is 0 Å². The number of amides is 1. The van der Waals surface area contributed by atoms with Crippen molar-refractivity contribution in [2.75, 3.05) is 10.6 Å². The lowest BCUT2D eigenvalue weighted by Gasteiger charge is -2.09. The molecule has 0 spiro atoms. The van der Waals surface area contributed by atoms with Crippen LogP contribution in [-0.2, 0) is 6.54 Å². The van der Waals surface area contributed by atoms with E-state index in [1.807, 2.05) is 42.5 Å². The molecule has 0 saturated heterocycles. The summed E-state index contributed by atoms with van der Waals surface area (Å²) in [5.74, 6) is 0.866. The van der Waals surface area contributed by atoms with Crippen LogP contribution in [0.3, 0.4) is 0 Å². The van der Waals surface area contributed by atoms with Gasteiger partial charge in [-0.1, -0.05) is 24.3 Å². The topological polar surface area (TPSA) is 79.8 Å².